The molecule has 1 aliphatic rings. The van der Waals surface area contributed by atoms with E-state index in [0.717, 1.165) is 11.1 Å². The number of hydrogen-bond donors (Lipinski definition) is 2. The van der Waals surface area contributed by atoms with Crippen LogP contribution in [0.4, 0.5) is 0 Å². The Hall–Kier alpha value is -1.82. The van der Waals surface area contributed by atoms with Gasteiger partial charge in [-0.3, -0.25) is 4.79 Å². The topological polar surface area (TPSA) is 72.6 Å². The van der Waals surface area contributed by atoms with E-state index in [0.29, 0.717) is 16.0 Å². The van der Waals surface area contributed by atoms with E-state index in [1.54, 1.807) is 30.3 Å². The molecule has 0 aliphatic carbocycles. The number of halogens is 1. The third-order valence-corrected chi connectivity index (χ3v) is 3.61. The second kappa shape index (κ2) is 4.94. The van der Waals surface area contributed by atoms with Gasteiger partial charge in [0, 0.05) is 10.6 Å². The molecular formula is C14H11BClNO3. The molecule has 1 heterocycles. The van der Waals surface area contributed by atoms with Crippen LogP contribution in [0.15, 0.2) is 42.5 Å². The smallest absolute Gasteiger partial charge is 0.423 e. The van der Waals surface area contributed by atoms with Gasteiger partial charge in [-0.1, -0.05) is 29.8 Å². The van der Waals surface area contributed by atoms with E-state index >= 15 is 0 Å². The molecule has 0 saturated heterocycles. The van der Waals surface area contributed by atoms with E-state index in [1.807, 2.05) is 12.1 Å². The van der Waals surface area contributed by atoms with Gasteiger partial charge in [0.1, 0.15) is 0 Å². The Bertz CT molecular complexity index is 675. The summed E-state index contributed by atoms with van der Waals surface area (Å²) in [5, 5.41) is 10.6. The maximum atomic E-state index is 11.3. The van der Waals surface area contributed by atoms with E-state index < -0.39 is 19.1 Å². The zero-order valence-corrected chi connectivity index (χ0v) is 11.2. The number of nitrogens with two attached hydrogens (primary N) is 1. The number of hydrogen-bond acceptors (Lipinski definition) is 3. The van der Waals surface area contributed by atoms with E-state index in [-0.39, 0.29) is 0 Å². The van der Waals surface area contributed by atoms with Gasteiger partial charge in [0.05, 0.1) is 6.10 Å². The second-order valence-electron chi connectivity index (χ2n) is 4.63. The van der Waals surface area contributed by atoms with Crippen molar-refractivity contribution >= 4 is 30.1 Å². The Kier molecular flexibility index (Phi) is 3.26. The van der Waals surface area contributed by atoms with Crippen LogP contribution in [0.1, 0.15) is 27.6 Å². The fourth-order valence-electron chi connectivity index (χ4n) is 2.35. The van der Waals surface area contributed by atoms with Crippen molar-refractivity contribution in [2.45, 2.75) is 6.10 Å². The van der Waals surface area contributed by atoms with E-state index in [1.165, 1.54) is 0 Å². The van der Waals surface area contributed by atoms with Crippen LogP contribution in [0.25, 0.3) is 0 Å². The summed E-state index contributed by atoms with van der Waals surface area (Å²) in [6.45, 7) is 0. The van der Waals surface area contributed by atoms with Crippen molar-refractivity contribution in [1.29, 1.82) is 0 Å². The van der Waals surface area contributed by atoms with Crippen molar-refractivity contribution in [3.05, 3.63) is 64.2 Å². The number of carbonyl (C=O) groups is 1. The van der Waals surface area contributed by atoms with E-state index in [2.05, 4.69) is 0 Å². The van der Waals surface area contributed by atoms with Gasteiger partial charge < -0.3 is 15.4 Å². The molecule has 0 saturated carbocycles. The first-order valence-electron chi connectivity index (χ1n) is 6.09. The van der Waals surface area contributed by atoms with E-state index in [4.69, 9.17) is 22.0 Å². The molecule has 2 aromatic rings. The highest BCUT2D eigenvalue weighted by atomic mass is 35.5. The molecule has 100 valence electrons. The van der Waals surface area contributed by atoms with Gasteiger partial charge in [-0.15, -0.1) is 0 Å². The number of fused-ring (bicyclic) bond motifs is 1. The van der Waals surface area contributed by atoms with Gasteiger partial charge in [0.2, 0.25) is 5.91 Å². The molecule has 6 heteroatoms. The SMILES string of the molecule is NC(=O)c1ccc2c(c1)C(c1ccc(Cl)cc1)OB2O. The predicted octanol–water partition coefficient (Wildman–Crippen LogP) is 1.25. The molecule has 0 spiro atoms. The van der Waals surface area contributed by atoms with Gasteiger partial charge >= 0.3 is 7.12 Å². The summed E-state index contributed by atoms with van der Waals surface area (Å²) in [5.74, 6) is -0.510. The minimum atomic E-state index is -1.01. The average molecular weight is 288 g/mol. The first-order chi connectivity index (χ1) is 9.56. The van der Waals surface area contributed by atoms with Crippen molar-refractivity contribution in [2.24, 2.45) is 5.73 Å². The summed E-state index contributed by atoms with van der Waals surface area (Å²) in [6.07, 6.45) is -0.434. The molecule has 4 nitrogen and oxygen atoms in total. The summed E-state index contributed by atoms with van der Waals surface area (Å²) in [6, 6.07) is 12.1. The largest absolute Gasteiger partial charge is 0.492 e. The molecule has 0 fully saturated rings. The standard InChI is InChI=1S/C14H11BClNO3/c16-10-4-1-8(2-5-10)13-11-7-9(14(17)18)3-6-12(11)15(19)20-13/h1-7,13,19H,(H2,17,18). The molecule has 0 radical (unpaired) electrons. The molecule has 1 aliphatic heterocycles. The Morgan fingerprint density at radius 1 is 1.25 bits per heavy atom. The maximum Gasteiger partial charge on any atom is 0.492 e. The lowest BCUT2D eigenvalue weighted by molar-refractivity contribution is 0.1000. The summed E-state index contributed by atoms with van der Waals surface area (Å²) in [7, 11) is -1.01. The summed E-state index contributed by atoms with van der Waals surface area (Å²) >= 11 is 5.86. The molecular weight excluding hydrogens is 276 g/mol. The molecule has 0 bridgehead atoms. The lowest BCUT2D eigenvalue weighted by Crippen LogP contribution is -2.28. The van der Waals surface area contributed by atoms with Gasteiger partial charge in [-0.25, -0.2) is 0 Å². The lowest BCUT2D eigenvalue weighted by Gasteiger charge is -2.13. The Morgan fingerprint density at radius 2 is 1.95 bits per heavy atom. The zero-order chi connectivity index (χ0) is 14.3. The Labute approximate surface area is 121 Å². The Morgan fingerprint density at radius 3 is 2.60 bits per heavy atom. The summed E-state index contributed by atoms with van der Waals surface area (Å²) in [4.78, 5) is 11.3. The van der Waals surface area contributed by atoms with Crippen LogP contribution in [0.3, 0.4) is 0 Å². The van der Waals surface area contributed by atoms with Gasteiger partial charge in [0.15, 0.2) is 0 Å². The third-order valence-electron chi connectivity index (χ3n) is 3.36. The minimum absolute atomic E-state index is 0.389. The normalized spacial score (nSPS) is 17.1. The van der Waals surface area contributed by atoms with Crippen molar-refractivity contribution < 1.29 is 14.5 Å². The number of amides is 1. The molecule has 1 amide bonds. The third kappa shape index (κ3) is 2.20. The monoisotopic (exact) mass is 287 g/mol. The van der Waals surface area contributed by atoms with Gasteiger partial charge in [-0.2, -0.15) is 0 Å². The quantitative estimate of drug-likeness (QED) is 0.816. The molecule has 1 unspecified atom stereocenters. The van der Waals surface area contributed by atoms with Crippen LogP contribution in [-0.4, -0.2) is 18.0 Å². The highest BCUT2D eigenvalue weighted by molar-refractivity contribution is 6.61. The average Bonchev–Trinajstić information content (AvgIpc) is 2.76. The fourth-order valence-corrected chi connectivity index (χ4v) is 2.48. The summed E-state index contributed by atoms with van der Waals surface area (Å²) in [5.41, 5.74) is 7.93. The van der Waals surface area contributed by atoms with Crippen LogP contribution in [-0.2, 0) is 4.65 Å². The molecule has 3 N–H and O–H groups in total. The van der Waals surface area contributed by atoms with Crippen molar-refractivity contribution in [3.8, 4) is 0 Å². The summed E-state index contributed by atoms with van der Waals surface area (Å²) < 4.78 is 5.55. The van der Waals surface area contributed by atoms with Crippen molar-refractivity contribution in [1.82, 2.24) is 0 Å². The van der Waals surface area contributed by atoms with Crippen LogP contribution in [0, 0.1) is 0 Å². The maximum absolute atomic E-state index is 11.3. The molecule has 20 heavy (non-hydrogen) atoms. The first-order valence-corrected chi connectivity index (χ1v) is 6.46. The van der Waals surface area contributed by atoms with Crippen LogP contribution < -0.4 is 11.2 Å². The second-order valence-corrected chi connectivity index (χ2v) is 5.06. The highest BCUT2D eigenvalue weighted by Gasteiger charge is 2.36. The van der Waals surface area contributed by atoms with Crippen LogP contribution in [0.2, 0.25) is 5.02 Å². The molecule has 1 atom stereocenters. The van der Waals surface area contributed by atoms with Crippen LogP contribution >= 0.6 is 11.6 Å². The first kappa shape index (κ1) is 13.2. The molecule has 2 aromatic carbocycles. The molecule has 0 aromatic heterocycles. The number of carbonyl (C=O) groups excluding carboxylic acids is 1. The van der Waals surface area contributed by atoms with Crippen molar-refractivity contribution in [3.63, 3.8) is 0 Å². The lowest BCUT2D eigenvalue weighted by atomic mass is 9.78. The minimum Gasteiger partial charge on any atom is -0.423 e. The number of primary amides is 1. The van der Waals surface area contributed by atoms with Gasteiger partial charge in [0.25, 0.3) is 0 Å². The highest BCUT2D eigenvalue weighted by Crippen LogP contribution is 2.31. The van der Waals surface area contributed by atoms with Crippen LogP contribution in [0.5, 0.6) is 0 Å². The predicted molar refractivity (Wildman–Crippen MR) is 76.9 cm³/mol. The number of benzene rings is 2. The zero-order valence-electron chi connectivity index (χ0n) is 10.4. The number of rotatable bonds is 2. The molecule has 3 rings (SSSR count). The fraction of sp³-hybridized carbons (Fsp3) is 0.0714. The Balaban J connectivity index is 2.07. The van der Waals surface area contributed by atoms with Gasteiger partial charge in [-0.05, 0) is 40.9 Å². The van der Waals surface area contributed by atoms with Crippen molar-refractivity contribution in [2.75, 3.05) is 0 Å². The van der Waals surface area contributed by atoms with E-state index in [9.17, 15) is 9.82 Å².